The predicted octanol–water partition coefficient (Wildman–Crippen LogP) is 1.75. The van der Waals surface area contributed by atoms with Gasteiger partial charge >= 0.3 is 0 Å². The standard InChI is InChI=1S/C17H18N6O/c1-22-17-15(18-8-9-19-17)16(21-22)20-11-14(24)23-10-4-6-12-5-2-3-7-13(12)23/h2-3,5,7-9H,4,6,10-11H2,1H3,(H,20,21). The maximum atomic E-state index is 12.7. The summed E-state index contributed by atoms with van der Waals surface area (Å²) in [4.78, 5) is 23.1. The lowest BCUT2D eigenvalue weighted by Gasteiger charge is -2.29. The molecule has 0 spiro atoms. The minimum Gasteiger partial charge on any atom is -0.358 e. The third-order valence-electron chi connectivity index (χ3n) is 4.28. The van der Waals surface area contributed by atoms with Crippen LogP contribution in [-0.4, -0.2) is 38.7 Å². The molecule has 0 bridgehead atoms. The Morgan fingerprint density at radius 1 is 1.25 bits per heavy atom. The Hall–Kier alpha value is -2.96. The lowest BCUT2D eigenvalue weighted by atomic mass is 10.0. The van der Waals surface area contributed by atoms with E-state index in [0.717, 1.165) is 25.1 Å². The van der Waals surface area contributed by atoms with Crippen molar-refractivity contribution in [3.63, 3.8) is 0 Å². The van der Waals surface area contributed by atoms with E-state index in [1.165, 1.54) is 5.56 Å². The summed E-state index contributed by atoms with van der Waals surface area (Å²) < 4.78 is 1.66. The molecule has 1 aliphatic rings. The van der Waals surface area contributed by atoms with E-state index >= 15 is 0 Å². The fourth-order valence-electron chi connectivity index (χ4n) is 3.15. The number of hydrogen-bond donors (Lipinski definition) is 1. The summed E-state index contributed by atoms with van der Waals surface area (Å²) in [6, 6.07) is 8.08. The molecule has 0 aliphatic carbocycles. The number of nitrogens with zero attached hydrogens (tertiary/aromatic N) is 5. The Kier molecular flexibility index (Phi) is 3.60. The fraction of sp³-hybridized carbons (Fsp3) is 0.294. The molecule has 0 unspecified atom stereocenters. The Bertz CT molecular complexity index is 903. The summed E-state index contributed by atoms with van der Waals surface area (Å²) in [6.07, 6.45) is 5.26. The molecule has 122 valence electrons. The number of anilines is 2. The van der Waals surface area contributed by atoms with E-state index in [4.69, 9.17) is 0 Å². The zero-order chi connectivity index (χ0) is 16.5. The van der Waals surface area contributed by atoms with Crippen molar-refractivity contribution in [2.45, 2.75) is 12.8 Å². The second-order valence-electron chi connectivity index (χ2n) is 5.83. The van der Waals surface area contributed by atoms with Crippen LogP contribution >= 0.6 is 0 Å². The topological polar surface area (TPSA) is 75.9 Å². The highest BCUT2D eigenvalue weighted by molar-refractivity contribution is 5.98. The number of fused-ring (bicyclic) bond motifs is 2. The summed E-state index contributed by atoms with van der Waals surface area (Å²) in [5.74, 6) is 0.615. The van der Waals surface area contributed by atoms with Crippen LogP contribution in [0.4, 0.5) is 11.5 Å². The molecule has 0 saturated carbocycles. The minimum atomic E-state index is 0.0323. The van der Waals surface area contributed by atoms with E-state index in [-0.39, 0.29) is 12.5 Å². The molecule has 7 nitrogen and oxygen atoms in total. The second-order valence-corrected chi connectivity index (χ2v) is 5.83. The molecule has 1 aromatic carbocycles. The van der Waals surface area contributed by atoms with Crippen molar-refractivity contribution >= 4 is 28.6 Å². The first-order chi connectivity index (χ1) is 11.7. The molecule has 24 heavy (non-hydrogen) atoms. The number of rotatable bonds is 3. The molecule has 0 saturated heterocycles. The summed E-state index contributed by atoms with van der Waals surface area (Å²) in [5.41, 5.74) is 3.61. The van der Waals surface area contributed by atoms with E-state index in [9.17, 15) is 4.79 Å². The normalized spacial score (nSPS) is 13.8. The predicted molar refractivity (Wildman–Crippen MR) is 91.9 cm³/mol. The molecular formula is C17H18N6O. The molecule has 0 radical (unpaired) electrons. The van der Waals surface area contributed by atoms with Gasteiger partial charge in [0.15, 0.2) is 17.0 Å². The maximum Gasteiger partial charge on any atom is 0.246 e. The lowest BCUT2D eigenvalue weighted by molar-refractivity contribution is -0.117. The molecule has 1 aliphatic heterocycles. The number of para-hydroxylation sites is 1. The Morgan fingerprint density at radius 3 is 3.00 bits per heavy atom. The highest BCUT2D eigenvalue weighted by atomic mass is 16.2. The number of carbonyl (C=O) groups excluding carboxylic acids is 1. The van der Waals surface area contributed by atoms with E-state index in [2.05, 4.69) is 26.4 Å². The number of amides is 1. The van der Waals surface area contributed by atoms with Gasteiger partial charge in [0.1, 0.15) is 0 Å². The van der Waals surface area contributed by atoms with Gasteiger partial charge in [-0.15, -0.1) is 0 Å². The fourth-order valence-corrected chi connectivity index (χ4v) is 3.15. The van der Waals surface area contributed by atoms with Crippen LogP contribution < -0.4 is 10.2 Å². The van der Waals surface area contributed by atoms with Crippen molar-refractivity contribution in [2.75, 3.05) is 23.3 Å². The Morgan fingerprint density at radius 2 is 2.08 bits per heavy atom. The van der Waals surface area contributed by atoms with Gasteiger partial charge in [-0.25, -0.2) is 14.6 Å². The molecule has 3 aromatic rings. The summed E-state index contributed by atoms with van der Waals surface area (Å²) in [7, 11) is 1.81. The molecule has 2 aromatic heterocycles. The number of carbonyl (C=O) groups is 1. The van der Waals surface area contributed by atoms with Crippen LogP contribution in [0.5, 0.6) is 0 Å². The number of benzene rings is 1. The van der Waals surface area contributed by atoms with Crippen LogP contribution in [0.1, 0.15) is 12.0 Å². The van der Waals surface area contributed by atoms with E-state index < -0.39 is 0 Å². The van der Waals surface area contributed by atoms with Gasteiger partial charge in [0.25, 0.3) is 0 Å². The molecule has 7 heteroatoms. The summed E-state index contributed by atoms with van der Waals surface area (Å²) in [6.45, 7) is 0.928. The number of nitrogens with one attached hydrogen (secondary N) is 1. The van der Waals surface area contributed by atoms with Gasteiger partial charge < -0.3 is 10.2 Å². The molecule has 0 atom stereocenters. The third-order valence-corrected chi connectivity index (χ3v) is 4.28. The highest BCUT2D eigenvalue weighted by Gasteiger charge is 2.22. The van der Waals surface area contributed by atoms with Gasteiger partial charge in [0.2, 0.25) is 5.91 Å². The average molecular weight is 322 g/mol. The molecule has 0 fully saturated rings. The van der Waals surface area contributed by atoms with Gasteiger partial charge in [-0.05, 0) is 24.5 Å². The Balaban J connectivity index is 1.53. The largest absolute Gasteiger partial charge is 0.358 e. The van der Waals surface area contributed by atoms with Crippen LogP contribution in [0, 0.1) is 0 Å². The van der Waals surface area contributed by atoms with Gasteiger partial charge in [-0.3, -0.25) is 4.79 Å². The van der Waals surface area contributed by atoms with E-state index in [1.807, 2.05) is 30.1 Å². The molecular weight excluding hydrogens is 304 g/mol. The first-order valence-corrected chi connectivity index (χ1v) is 8.00. The SMILES string of the molecule is Cn1nc(NCC(=O)N2CCCc3ccccc32)c2nccnc21. The maximum absolute atomic E-state index is 12.7. The first-order valence-electron chi connectivity index (χ1n) is 8.00. The average Bonchev–Trinajstić information content (AvgIpc) is 2.95. The second kappa shape index (κ2) is 5.92. The van der Waals surface area contributed by atoms with Gasteiger partial charge in [0.05, 0.1) is 6.54 Å². The van der Waals surface area contributed by atoms with E-state index in [0.29, 0.717) is 17.0 Å². The number of aryl methyl sites for hydroxylation is 2. The summed E-state index contributed by atoms with van der Waals surface area (Å²) >= 11 is 0. The first kappa shape index (κ1) is 14.6. The molecule has 3 heterocycles. The number of aromatic nitrogens is 4. The highest BCUT2D eigenvalue weighted by Crippen LogP contribution is 2.26. The van der Waals surface area contributed by atoms with Gasteiger partial charge in [0, 0.05) is 31.7 Å². The van der Waals surface area contributed by atoms with Gasteiger partial charge in [-0.1, -0.05) is 18.2 Å². The van der Waals surface area contributed by atoms with Gasteiger partial charge in [-0.2, -0.15) is 5.10 Å². The van der Waals surface area contributed by atoms with Crippen LogP contribution in [-0.2, 0) is 18.3 Å². The molecule has 4 rings (SSSR count). The van der Waals surface area contributed by atoms with Crippen LogP contribution in [0.25, 0.3) is 11.2 Å². The molecule has 1 amide bonds. The molecule has 1 N–H and O–H groups in total. The van der Waals surface area contributed by atoms with Crippen LogP contribution in [0.15, 0.2) is 36.7 Å². The van der Waals surface area contributed by atoms with E-state index in [1.54, 1.807) is 17.1 Å². The van der Waals surface area contributed by atoms with Crippen molar-refractivity contribution in [3.05, 3.63) is 42.2 Å². The summed E-state index contributed by atoms with van der Waals surface area (Å²) in [5, 5.41) is 7.47. The van der Waals surface area contributed by atoms with Crippen LogP contribution in [0.3, 0.4) is 0 Å². The number of hydrogen-bond acceptors (Lipinski definition) is 5. The third kappa shape index (κ3) is 2.47. The van der Waals surface area contributed by atoms with Crippen molar-refractivity contribution < 1.29 is 4.79 Å². The zero-order valence-electron chi connectivity index (χ0n) is 13.4. The van der Waals surface area contributed by atoms with Crippen molar-refractivity contribution in [3.8, 4) is 0 Å². The van der Waals surface area contributed by atoms with Crippen molar-refractivity contribution in [1.29, 1.82) is 0 Å². The minimum absolute atomic E-state index is 0.0323. The quantitative estimate of drug-likeness (QED) is 0.795. The Labute approximate surface area is 139 Å². The van der Waals surface area contributed by atoms with Crippen LogP contribution in [0.2, 0.25) is 0 Å². The smallest absolute Gasteiger partial charge is 0.246 e. The lowest BCUT2D eigenvalue weighted by Crippen LogP contribution is -2.39. The zero-order valence-corrected chi connectivity index (χ0v) is 13.4. The van der Waals surface area contributed by atoms with Crippen molar-refractivity contribution in [2.24, 2.45) is 7.05 Å². The van der Waals surface area contributed by atoms with Crippen molar-refractivity contribution in [1.82, 2.24) is 19.7 Å². The monoisotopic (exact) mass is 322 g/mol.